The van der Waals surface area contributed by atoms with Crippen molar-refractivity contribution >= 4 is 23.3 Å². The summed E-state index contributed by atoms with van der Waals surface area (Å²) in [4.78, 5) is 15.9. The summed E-state index contributed by atoms with van der Waals surface area (Å²) in [5.41, 5.74) is 5.76. The van der Waals surface area contributed by atoms with Gasteiger partial charge in [0.15, 0.2) is 0 Å². The number of hydrogen-bond donors (Lipinski definition) is 1. The lowest BCUT2D eigenvalue weighted by molar-refractivity contribution is 0.0839. The van der Waals surface area contributed by atoms with Crippen LogP contribution in [-0.4, -0.2) is 60.2 Å². The first-order valence-corrected chi connectivity index (χ1v) is 6.37. The third-order valence-electron chi connectivity index (χ3n) is 3.08. The standard InChI is InChI=1S/C11H21N3O2S/c1-3-4-9(10(12)17)13-5-7-14(8-6-13)11(15)16-2/h9H,3-8H2,1-2H3,(H2,12,17). The van der Waals surface area contributed by atoms with Gasteiger partial charge in [-0.2, -0.15) is 0 Å². The Balaban J connectivity index is 2.49. The molecule has 0 bridgehead atoms. The average molecular weight is 259 g/mol. The summed E-state index contributed by atoms with van der Waals surface area (Å²) in [6.45, 7) is 5.08. The quantitative estimate of drug-likeness (QED) is 0.758. The van der Waals surface area contributed by atoms with Crippen LogP contribution >= 0.6 is 12.2 Å². The van der Waals surface area contributed by atoms with E-state index in [2.05, 4.69) is 11.8 Å². The van der Waals surface area contributed by atoms with Crippen molar-refractivity contribution in [1.82, 2.24) is 9.80 Å². The van der Waals surface area contributed by atoms with E-state index in [1.54, 1.807) is 4.90 Å². The molecule has 0 spiro atoms. The summed E-state index contributed by atoms with van der Waals surface area (Å²) in [6.07, 6.45) is 1.78. The molecule has 0 aliphatic carbocycles. The number of carbonyl (C=O) groups excluding carboxylic acids is 1. The minimum atomic E-state index is -0.257. The Morgan fingerprint density at radius 2 is 2.00 bits per heavy atom. The van der Waals surface area contributed by atoms with E-state index in [1.807, 2.05) is 0 Å². The highest BCUT2D eigenvalue weighted by Gasteiger charge is 2.27. The van der Waals surface area contributed by atoms with Gasteiger partial charge in [-0.3, -0.25) is 4.90 Å². The van der Waals surface area contributed by atoms with E-state index < -0.39 is 0 Å². The molecule has 1 aliphatic rings. The fraction of sp³-hybridized carbons (Fsp3) is 0.818. The van der Waals surface area contributed by atoms with Crippen molar-refractivity contribution in [3.05, 3.63) is 0 Å². The summed E-state index contributed by atoms with van der Waals surface area (Å²) < 4.78 is 4.70. The molecule has 17 heavy (non-hydrogen) atoms. The van der Waals surface area contributed by atoms with Gasteiger partial charge in [0, 0.05) is 26.2 Å². The molecule has 2 N–H and O–H groups in total. The average Bonchev–Trinajstić information content (AvgIpc) is 2.35. The highest BCUT2D eigenvalue weighted by Crippen LogP contribution is 2.12. The van der Waals surface area contributed by atoms with Gasteiger partial charge in [0.2, 0.25) is 0 Å². The third kappa shape index (κ3) is 3.81. The van der Waals surface area contributed by atoms with Crippen molar-refractivity contribution in [1.29, 1.82) is 0 Å². The van der Waals surface area contributed by atoms with Crippen LogP contribution in [0.2, 0.25) is 0 Å². The summed E-state index contributed by atoms with van der Waals surface area (Å²) in [5.74, 6) is 0. The molecular formula is C11H21N3O2S. The van der Waals surface area contributed by atoms with Gasteiger partial charge in [-0.05, 0) is 6.42 Å². The lowest BCUT2D eigenvalue weighted by Gasteiger charge is -2.38. The lowest BCUT2D eigenvalue weighted by Crippen LogP contribution is -2.54. The fourth-order valence-electron chi connectivity index (χ4n) is 2.12. The van der Waals surface area contributed by atoms with Crippen LogP contribution in [0.1, 0.15) is 19.8 Å². The van der Waals surface area contributed by atoms with E-state index in [0.717, 1.165) is 25.9 Å². The predicted molar refractivity (Wildman–Crippen MR) is 71.0 cm³/mol. The lowest BCUT2D eigenvalue weighted by atomic mass is 10.1. The number of amides is 1. The molecule has 1 unspecified atom stereocenters. The second kappa shape index (κ2) is 6.76. The van der Waals surface area contributed by atoms with Crippen LogP contribution in [0.15, 0.2) is 0 Å². The maximum absolute atomic E-state index is 11.3. The van der Waals surface area contributed by atoms with E-state index >= 15 is 0 Å². The number of nitrogens with zero attached hydrogens (tertiary/aromatic N) is 2. The normalized spacial score (nSPS) is 18.8. The van der Waals surface area contributed by atoms with E-state index in [4.69, 9.17) is 22.7 Å². The number of rotatable bonds is 4. The molecule has 1 amide bonds. The van der Waals surface area contributed by atoms with E-state index in [-0.39, 0.29) is 12.1 Å². The van der Waals surface area contributed by atoms with Crippen LogP contribution in [0.5, 0.6) is 0 Å². The smallest absolute Gasteiger partial charge is 0.409 e. The summed E-state index contributed by atoms with van der Waals surface area (Å²) in [7, 11) is 1.41. The molecule has 0 aromatic carbocycles. The first-order valence-electron chi connectivity index (χ1n) is 5.96. The van der Waals surface area contributed by atoms with Crippen LogP contribution in [0, 0.1) is 0 Å². The second-order valence-electron chi connectivity index (χ2n) is 4.20. The van der Waals surface area contributed by atoms with Crippen molar-refractivity contribution in [3.63, 3.8) is 0 Å². The maximum Gasteiger partial charge on any atom is 0.409 e. The number of methoxy groups -OCH3 is 1. The molecule has 98 valence electrons. The molecule has 0 saturated carbocycles. The fourth-order valence-corrected chi connectivity index (χ4v) is 2.39. The SMILES string of the molecule is CCCC(C(N)=S)N1CCN(C(=O)OC)CC1. The first-order chi connectivity index (χ1) is 8.10. The number of piperazine rings is 1. The highest BCUT2D eigenvalue weighted by atomic mass is 32.1. The summed E-state index contributed by atoms with van der Waals surface area (Å²) >= 11 is 5.10. The van der Waals surface area contributed by atoms with Gasteiger partial charge >= 0.3 is 6.09 Å². The van der Waals surface area contributed by atoms with E-state index in [0.29, 0.717) is 18.1 Å². The Morgan fingerprint density at radius 1 is 1.41 bits per heavy atom. The topological polar surface area (TPSA) is 58.8 Å². The highest BCUT2D eigenvalue weighted by molar-refractivity contribution is 7.80. The van der Waals surface area contributed by atoms with Crippen molar-refractivity contribution in [3.8, 4) is 0 Å². The van der Waals surface area contributed by atoms with Crippen LogP contribution in [0.25, 0.3) is 0 Å². The van der Waals surface area contributed by atoms with Gasteiger partial charge in [-0.15, -0.1) is 0 Å². The van der Waals surface area contributed by atoms with Gasteiger partial charge in [0.05, 0.1) is 18.1 Å². The van der Waals surface area contributed by atoms with Gasteiger partial charge < -0.3 is 15.4 Å². The Bertz CT molecular complexity index is 278. The minimum absolute atomic E-state index is 0.162. The summed E-state index contributed by atoms with van der Waals surface area (Å²) in [5, 5.41) is 0. The van der Waals surface area contributed by atoms with Crippen LogP contribution in [-0.2, 0) is 4.74 Å². The van der Waals surface area contributed by atoms with Crippen LogP contribution < -0.4 is 5.73 Å². The largest absolute Gasteiger partial charge is 0.453 e. The van der Waals surface area contributed by atoms with E-state index in [9.17, 15) is 4.79 Å². The Labute approximate surface area is 108 Å². The zero-order chi connectivity index (χ0) is 12.8. The number of ether oxygens (including phenoxy) is 1. The van der Waals surface area contributed by atoms with Crippen molar-refractivity contribution in [2.24, 2.45) is 5.73 Å². The van der Waals surface area contributed by atoms with Crippen molar-refractivity contribution in [2.75, 3.05) is 33.3 Å². The van der Waals surface area contributed by atoms with Gasteiger partial charge in [-0.25, -0.2) is 4.79 Å². The zero-order valence-corrected chi connectivity index (χ0v) is 11.3. The van der Waals surface area contributed by atoms with Crippen molar-refractivity contribution < 1.29 is 9.53 Å². The molecule has 1 atom stereocenters. The second-order valence-corrected chi connectivity index (χ2v) is 4.67. The van der Waals surface area contributed by atoms with Crippen molar-refractivity contribution in [2.45, 2.75) is 25.8 Å². The van der Waals surface area contributed by atoms with Crippen LogP contribution in [0.4, 0.5) is 4.79 Å². The first kappa shape index (κ1) is 14.2. The molecule has 1 rings (SSSR count). The molecule has 0 radical (unpaired) electrons. The zero-order valence-electron chi connectivity index (χ0n) is 10.5. The van der Waals surface area contributed by atoms with E-state index in [1.165, 1.54) is 7.11 Å². The molecule has 1 aliphatic heterocycles. The Kier molecular flexibility index (Phi) is 5.64. The molecule has 1 heterocycles. The number of thiocarbonyl (C=S) groups is 1. The molecule has 5 nitrogen and oxygen atoms in total. The molecular weight excluding hydrogens is 238 g/mol. The molecule has 6 heteroatoms. The summed E-state index contributed by atoms with van der Waals surface area (Å²) in [6, 6.07) is 0.162. The number of carbonyl (C=O) groups is 1. The molecule has 0 aromatic rings. The minimum Gasteiger partial charge on any atom is -0.453 e. The Hall–Kier alpha value is -0.880. The van der Waals surface area contributed by atoms with Gasteiger partial charge in [-0.1, -0.05) is 25.6 Å². The van der Waals surface area contributed by atoms with Crippen LogP contribution in [0.3, 0.4) is 0 Å². The Morgan fingerprint density at radius 3 is 2.41 bits per heavy atom. The third-order valence-corrected chi connectivity index (χ3v) is 3.35. The number of nitrogens with two attached hydrogens (primary N) is 1. The molecule has 1 fully saturated rings. The maximum atomic E-state index is 11.3. The number of hydrogen-bond acceptors (Lipinski definition) is 4. The monoisotopic (exact) mass is 259 g/mol. The predicted octanol–water partition coefficient (Wildman–Crippen LogP) is 0.825. The van der Waals surface area contributed by atoms with Gasteiger partial charge in [0.25, 0.3) is 0 Å². The molecule has 1 saturated heterocycles. The van der Waals surface area contributed by atoms with Gasteiger partial charge in [0.1, 0.15) is 0 Å². The molecule has 0 aromatic heterocycles.